The summed E-state index contributed by atoms with van der Waals surface area (Å²) in [7, 11) is 0. The molecule has 5 nitrogen and oxygen atoms in total. The molecule has 0 bridgehead atoms. The molecule has 6 heteroatoms. The van der Waals surface area contributed by atoms with Gasteiger partial charge in [-0.2, -0.15) is 11.3 Å². The van der Waals surface area contributed by atoms with Gasteiger partial charge in [-0.3, -0.25) is 4.79 Å². The number of nitrogens with one attached hydrogen (secondary N) is 1. The highest BCUT2D eigenvalue weighted by molar-refractivity contribution is 7.08. The standard InChI is InChI=1S/C14H15NO4S/c1-3-18-14(17)12-5-4-10(19-12)6-15-13(16)11-8-20-7-9(11)2/h4-5,7-8H,3,6H2,1-2H3,(H,15,16). The summed E-state index contributed by atoms with van der Waals surface area (Å²) in [5.74, 6) is -0.00584. The molecule has 2 aromatic rings. The van der Waals surface area contributed by atoms with Gasteiger partial charge in [0.2, 0.25) is 5.76 Å². The van der Waals surface area contributed by atoms with Gasteiger partial charge in [-0.15, -0.1) is 0 Å². The molecule has 2 heterocycles. The normalized spacial score (nSPS) is 10.3. The molecule has 0 radical (unpaired) electrons. The first-order valence-corrected chi connectivity index (χ1v) is 7.13. The van der Waals surface area contributed by atoms with Gasteiger partial charge in [0, 0.05) is 5.38 Å². The smallest absolute Gasteiger partial charge is 0.374 e. The molecule has 2 rings (SSSR count). The molecule has 0 aliphatic carbocycles. The lowest BCUT2D eigenvalue weighted by Gasteiger charge is -2.02. The van der Waals surface area contributed by atoms with Crippen molar-refractivity contribution in [1.82, 2.24) is 5.32 Å². The third kappa shape index (κ3) is 3.27. The average Bonchev–Trinajstić information content (AvgIpc) is 3.05. The summed E-state index contributed by atoms with van der Waals surface area (Å²) in [6, 6.07) is 3.18. The molecule has 1 N–H and O–H groups in total. The lowest BCUT2D eigenvalue weighted by atomic mass is 10.2. The number of aryl methyl sites for hydroxylation is 1. The van der Waals surface area contributed by atoms with Gasteiger partial charge in [-0.25, -0.2) is 4.79 Å². The van der Waals surface area contributed by atoms with Gasteiger partial charge in [0.15, 0.2) is 0 Å². The van der Waals surface area contributed by atoms with Gasteiger partial charge < -0.3 is 14.5 Å². The van der Waals surface area contributed by atoms with Crippen molar-refractivity contribution in [2.75, 3.05) is 6.61 Å². The highest BCUT2D eigenvalue weighted by atomic mass is 32.1. The number of rotatable bonds is 5. The molecule has 20 heavy (non-hydrogen) atoms. The van der Waals surface area contributed by atoms with E-state index in [1.165, 1.54) is 17.4 Å². The molecule has 0 aromatic carbocycles. The van der Waals surface area contributed by atoms with Crippen LogP contribution in [0.2, 0.25) is 0 Å². The Kier molecular flexibility index (Phi) is 4.57. The minimum Gasteiger partial charge on any atom is -0.460 e. The second kappa shape index (κ2) is 6.38. The Morgan fingerprint density at radius 3 is 2.80 bits per heavy atom. The van der Waals surface area contributed by atoms with Crippen LogP contribution < -0.4 is 5.32 Å². The van der Waals surface area contributed by atoms with Crippen LogP contribution in [0.15, 0.2) is 27.3 Å². The van der Waals surface area contributed by atoms with Gasteiger partial charge in [-0.05, 0) is 36.9 Å². The van der Waals surface area contributed by atoms with Gasteiger partial charge in [0.25, 0.3) is 5.91 Å². The zero-order valence-corrected chi connectivity index (χ0v) is 12.1. The quantitative estimate of drug-likeness (QED) is 0.861. The van der Waals surface area contributed by atoms with E-state index in [9.17, 15) is 9.59 Å². The number of thiophene rings is 1. The van der Waals surface area contributed by atoms with E-state index in [1.54, 1.807) is 18.4 Å². The molecular formula is C14H15NO4S. The summed E-state index contributed by atoms with van der Waals surface area (Å²) >= 11 is 1.48. The topological polar surface area (TPSA) is 68.5 Å². The van der Waals surface area contributed by atoms with Crippen LogP contribution >= 0.6 is 11.3 Å². The molecule has 2 aromatic heterocycles. The Morgan fingerprint density at radius 1 is 1.35 bits per heavy atom. The first-order valence-electron chi connectivity index (χ1n) is 6.18. The molecule has 0 unspecified atom stereocenters. The Morgan fingerprint density at radius 2 is 2.15 bits per heavy atom. The van der Waals surface area contributed by atoms with Gasteiger partial charge >= 0.3 is 5.97 Å². The van der Waals surface area contributed by atoms with Crippen LogP contribution in [-0.2, 0) is 11.3 Å². The average molecular weight is 293 g/mol. The summed E-state index contributed by atoms with van der Waals surface area (Å²) in [5.41, 5.74) is 1.60. The van der Waals surface area contributed by atoms with Crippen molar-refractivity contribution >= 4 is 23.2 Å². The van der Waals surface area contributed by atoms with Crippen molar-refractivity contribution in [1.29, 1.82) is 0 Å². The van der Waals surface area contributed by atoms with E-state index in [0.29, 0.717) is 17.9 Å². The highest BCUT2D eigenvalue weighted by Crippen LogP contribution is 2.14. The van der Waals surface area contributed by atoms with Crippen molar-refractivity contribution in [2.45, 2.75) is 20.4 Å². The lowest BCUT2D eigenvalue weighted by molar-refractivity contribution is 0.0488. The Hall–Kier alpha value is -2.08. The van der Waals surface area contributed by atoms with Gasteiger partial charge in [-0.1, -0.05) is 0 Å². The van der Waals surface area contributed by atoms with E-state index >= 15 is 0 Å². The predicted molar refractivity (Wildman–Crippen MR) is 74.9 cm³/mol. The number of amides is 1. The maximum absolute atomic E-state index is 11.9. The molecular weight excluding hydrogens is 278 g/mol. The van der Waals surface area contributed by atoms with Crippen LogP contribution in [0.4, 0.5) is 0 Å². The fourth-order valence-corrected chi connectivity index (χ4v) is 2.47. The number of ether oxygens (including phenoxy) is 1. The number of esters is 1. The van der Waals surface area contributed by atoms with Crippen LogP contribution in [0.3, 0.4) is 0 Å². The summed E-state index contributed by atoms with van der Waals surface area (Å²) < 4.78 is 10.1. The van der Waals surface area contributed by atoms with Crippen LogP contribution in [0.25, 0.3) is 0 Å². The van der Waals surface area contributed by atoms with Crippen LogP contribution in [0.1, 0.15) is 39.2 Å². The van der Waals surface area contributed by atoms with Crippen LogP contribution in [0, 0.1) is 6.92 Å². The molecule has 0 atom stereocenters. The monoisotopic (exact) mass is 293 g/mol. The molecule has 0 saturated heterocycles. The van der Waals surface area contributed by atoms with Crippen molar-refractivity contribution in [3.63, 3.8) is 0 Å². The Balaban J connectivity index is 1.93. The second-order valence-corrected chi connectivity index (χ2v) is 4.88. The van der Waals surface area contributed by atoms with Gasteiger partial charge in [0.1, 0.15) is 5.76 Å². The SMILES string of the molecule is CCOC(=O)c1ccc(CNC(=O)c2cscc2C)o1. The first kappa shape index (κ1) is 14.3. The maximum atomic E-state index is 11.9. The molecule has 0 aliphatic rings. The molecule has 0 spiro atoms. The third-order valence-corrected chi connectivity index (χ3v) is 3.52. The summed E-state index contributed by atoms with van der Waals surface area (Å²) in [6.45, 7) is 4.14. The molecule has 1 amide bonds. The van der Waals surface area contributed by atoms with E-state index in [0.717, 1.165) is 5.56 Å². The highest BCUT2D eigenvalue weighted by Gasteiger charge is 2.13. The third-order valence-electron chi connectivity index (χ3n) is 2.66. The molecule has 0 saturated carbocycles. The van der Waals surface area contributed by atoms with Crippen molar-refractivity contribution in [3.05, 3.63) is 45.5 Å². The van der Waals surface area contributed by atoms with E-state index in [4.69, 9.17) is 9.15 Å². The van der Waals surface area contributed by atoms with Crippen molar-refractivity contribution in [2.24, 2.45) is 0 Å². The minimum absolute atomic E-state index is 0.141. The van der Waals surface area contributed by atoms with Crippen LogP contribution in [-0.4, -0.2) is 18.5 Å². The first-order chi connectivity index (χ1) is 9.61. The molecule has 0 aliphatic heterocycles. The summed E-state index contributed by atoms with van der Waals surface area (Å²) in [4.78, 5) is 23.3. The largest absolute Gasteiger partial charge is 0.460 e. The molecule has 0 fully saturated rings. The lowest BCUT2D eigenvalue weighted by Crippen LogP contribution is -2.22. The number of carbonyl (C=O) groups excluding carboxylic acids is 2. The zero-order valence-electron chi connectivity index (χ0n) is 11.3. The van der Waals surface area contributed by atoms with E-state index in [2.05, 4.69) is 5.32 Å². The summed E-state index contributed by atoms with van der Waals surface area (Å²) in [6.07, 6.45) is 0. The maximum Gasteiger partial charge on any atom is 0.374 e. The number of hydrogen-bond acceptors (Lipinski definition) is 5. The van der Waals surface area contributed by atoms with E-state index in [1.807, 2.05) is 12.3 Å². The Labute approximate surface area is 120 Å². The number of hydrogen-bond donors (Lipinski definition) is 1. The van der Waals surface area contributed by atoms with E-state index < -0.39 is 5.97 Å². The predicted octanol–water partition coefficient (Wildman–Crippen LogP) is 2.76. The van der Waals surface area contributed by atoms with E-state index in [-0.39, 0.29) is 18.2 Å². The van der Waals surface area contributed by atoms with Gasteiger partial charge in [0.05, 0.1) is 18.7 Å². The minimum atomic E-state index is -0.501. The zero-order chi connectivity index (χ0) is 14.5. The fourth-order valence-electron chi connectivity index (χ4n) is 1.64. The summed E-state index contributed by atoms with van der Waals surface area (Å²) in [5, 5.41) is 6.47. The molecule has 106 valence electrons. The number of furan rings is 1. The second-order valence-electron chi connectivity index (χ2n) is 4.14. The van der Waals surface area contributed by atoms with Crippen molar-refractivity contribution < 1.29 is 18.7 Å². The fraction of sp³-hybridized carbons (Fsp3) is 0.286. The Bertz CT molecular complexity index is 614. The van der Waals surface area contributed by atoms with Crippen LogP contribution in [0.5, 0.6) is 0 Å². The van der Waals surface area contributed by atoms with Crippen molar-refractivity contribution in [3.8, 4) is 0 Å². The number of carbonyl (C=O) groups is 2.